The molecule has 3 rings (SSSR count). The summed E-state index contributed by atoms with van der Waals surface area (Å²) >= 11 is 0. The third-order valence-electron chi connectivity index (χ3n) is 3.49. The van der Waals surface area contributed by atoms with Gasteiger partial charge in [0.2, 0.25) is 5.91 Å². The summed E-state index contributed by atoms with van der Waals surface area (Å²) in [6, 6.07) is 5.45. The van der Waals surface area contributed by atoms with Crippen molar-refractivity contribution in [2.75, 3.05) is 18.4 Å². The maximum Gasteiger partial charge on any atom is 0.253 e. The summed E-state index contributed by atoms with van der Waals surface area (Å²) in [7, 11) is 0. The van der Waals surface area contributed by atoms with Crippen molar-refractivity contribution in [2.45, 2.75) is 18.9 Å². The molecule has 0 saturated carbocycles. The Morgan fingerprint density at radius 2 is 2.28 bits per heavy atom. The van der Waals surface area contributed by atoms with Gasteiger partial charge in [-0.2, -0.15) is 0 Å². The van der Waals surface area contributed by atoms with Crippen LogP contribution >= 0.6 is 0 Å². The third kappa shape index (κ3) is 1.86. The monoisotopic (exact) mass is 245 g/mol. The van der Waals surface area contributed by atoms with Crippen molar-refractivity contribution in [1.29, 1.82) is 0 Å². The molecule has 2 amide bonds. The third-order valence-corrected chi connectivity index (χ3v) is 3.49. The Morgan fingerprint density at radius 3 is 3.00 bits per heavy atom. The number of hydrogen-bond acceptors (Lipinski definition) is 3. The Bertz CT molecular complexity index is 527. The number of nitrogens with one attached hydrogen (secondary N) is 1. The lowest BCUT2D eigenvalue weighted by molar-refractivity contribution is -0.115. The van der Waals surface area contributed by atoms with E-state index in [1.54, 1.807) is 23.1 Å². The van der Waals surface area contributed by atoms with E-state index in [4.69, 9.17) is 5.73 Å². The van der Waals surface area contributed by atoms with Crippen LogP contribution in [0.4, 0.5) is 5.69 Å². The first-order valence-electron chi connectivity index (χ1n) is 6.11. The predicted octanol–water partition coefficient (Wildman–Crippen LogP) is 0.354. The van der Waals surface area contributed by atoms with Gasteiger partial charge >= 0.3 is 0 Å². The molecule has 5 heteroatoms. The normalized spacial score (nSPS) is 21.9. The number of carbonyl (C=O) groups is 2. The first-order valence-corrected chi connectivity index (χ1v) is 6.11. The lowest BCUT2D eigenvalue weighted by Gasteiger charge is -2.16. The number of carbonyl (C=O) groups excluding carboxylic acids is 2. The summed E-state index contributed by atoms with van der Waals surface area (Å²) in [6.07, 6.45) is 1.21. The van der Waals surface area contributed by atoms with Crippen molar-refractivity contribution in [2.24, 2.45) is 5.73 Å². The van der Waals surface area contributed by atoms with Crippen LogP contribution in [0, 0.1) is 0 Å². The Balaban J connectivity index is 1.83. The highest BCUT2D eigenvalue weighted by atomic mass is 16.2. The maximum absolute atomic E-state index is 12.2. The highest BCUT2D eigenvalue weighted by molar-refractivity contribution is 6.01. The average Bonchev–Trinajstić information content (AvgIpc) is 2.92. The van der Waals surface area contributed by atoms with Crippen LogP contribution in [0.5, 0.6) is 0 Å². The summed E-state index contributed by atoms with van der Waals surface area (Å²) in [5, 5.41) is 2.76. The molecular weight excluding hydrogens is 230 g/mol. The first-order chi connectivity index (χ1) is 8.63. The number of nitrogens with zero attached hydrogens (tertiary/aromatic N) is 1. The van der Waals surface area contributed by atoms with E-state index in [0.717, 1.165) is 17.7 Å². The molecule has 3 N–H and O–H groups in total. The quantitative estimate of drug-likeness (QED) is 0.750. The Labute approximate surface area is 105 Å². The second-order valence-corrected chi connectivity index (χ2v) is 4.90. The molecule has 1 atom stereocenters. The van der Waals surface area contributed by atoms with Gasteiger partial charge in [-0.1, -0.05) is 0 Å². The molecule has 1 fully saturated rings. The molecule has 18 heavy (non-hydrogen) atoms. The minimum absolute atomic E-state index is 0.00472. The maximum atomic E-state index is 12.2. The molecule has 1 unspecified atom stereocenters. The first kappa shape index (κ1) is 11.2. The summed E-state index contributed by atoms with van der Waals surface area (Å²) in [6.45, 7) is 1.33. The van der Waals surface area contributed by atoms with Crippen LogP contribution in [0.2, 0.25) is 0 Å². The topological polar surface area (TPSA) is 75.4 Å². The number of benzene rings is 1. The molecule has 2 aliphatic heterocycles. The van der Waals surface area contributed by atoms with Gasteiger partial charge in [0.15, 0.2) is 0 Å². The van der Waals surface area contributed by atoms with Crippen molar-refractivity contribution in [3.05, 3.63) is 29.3 Å². The Kier molecular flexibility index (Phi) is 2.56. The van der Waals surface area contributed by atoms with Gasteiger partial charge in [0.05, 0.1) is 6.42 Å². The summed E-state index contributed by atoms with van der Waals surface area (Å²) < 4.78 is 0. The zero-order chi connectivity index (χ0) is 12.7. The molecular formula is C13H15N3O2. The fourth-order valence-corrected chi connectivity index (χ4v) is 2.52. The van der Waals surface area contributed by atoms with Crippen molar-refractivity contribution < 1.29 is 9.59 Å². The van der Waals surface area contributed by atoms with E-state index in [1.807, 2.05) is 0 Å². The number of nitrogens with two attached hydrogens (primary N) is 1. The van der Waals surface area contributed by atoms with Gasteiger partial charge in [-0.15, -0.1) is 0 Å². The van der Waals surface area contributed by atoms with Crippen LogP contribution in [0.15, 0.2) is 18.2 Å². The van der Waals surface area contributed by atoms with Crippen molar-refractivity contribution in [1.82, 2.24) is 4.90 Å². The van der Waals surface area contributed by atoms with E-state index in [9.17, 15) is 9.59 Å². The molecule has 1 aromatic carbocycles. The van der Waals surface area contributed by atoms with E-state index < -0.39 is 0 Å². The molecule has 0 aromatic heterocycles. The lowest BCUT2D eigenvalue weighted by Crippen LogP contribution is -2.31. The zero-order valence-electron chi connectivity index (χ0n) is 9.98. The van der Waals surface area contributed by atoms with Gasteiger partial charge in [-0.05, 0) is 30.2 Å². The van der Waals surface area contributed by atoms with Gasteiger partial charge in [-0.3, -0.25) is 9.59 Å². The number of anilines is 1. The minimum atomic E-state index is -0.0159. The summed E-state index contributed by atoms with van der Waals surface area (Å²) in [5.74, 6) is -0.0112. The largest absolute Gasteiger partial charge is 0.337 e. The number of likely N-dealkylation sites (tertiary alicyclic amines) is 1. The van der Waals surface area contributed by atoms with Gasteiger partial charge in [0.25, 0.3) is 5.91 Å². The van der Waals surface area contributed by atoms with E-state index >= 15 is 0 Å². The van der Waals surface area contributed by atoms with Crippen molar-refractivity contribution >= 4 is 17.5 Å². The molecule has 1 saturated heterocycles. The molecule has 0 bridgehead atoms. The number of amides is 2. The standard InChI is InChI=1S/C13H15N3O2/c14-10-3-4-16(7-10)13(18)8-1-2-11-9(5-8)6-12(17)15-11/h1-2,5,10H,3-4,6-7,14H2,(H,15,17). The Morgan fingerprint density at radius 1 is 1.44 bits per heavy atom. The molecule has 1 aromatic rings. The molecule has 0 spiro atoms. The predicted molar refractivity (Wildman–Crippen MR) is 67.3 cm³/mol. The van der Waals surface area contributed by atoms with E-state index in [2.05, 4.69) is 5.32 Å². The molecule has 94 valence electrons. The van der Waals surface area contributed by atoms with Gasteiger partial charge in [-0.25, -0.2) is 0 Å². The van der Waals surface area contributed by atoms with E-state index in [0.29, 0.717) is 25.1 Å². The molecule has 2 heterocycles. The van der Waals surface area contributed by atoms with Crippen LogP contribution in [0.1, 0.15) is 22.3 Å². The Hall–Kier alpha value is -1.88. The van der Waals surface area contributed by atoms with Crippen molar-refractivity contribution in [3.63, 3.8) is 0 Å². The van der Waals surface area contributed by atoms with Crippen LogP contribution in [-0.4, -0.2) is 35.8 Å². The van der Waals surface area contributed by atoms with Crippen LogP contribution in [0.25, 0.3) is 0 Å². The van der Waals surface area contributed by atoms with Crippen LogP contribution in [-0.2, 0) is 11.2 Å². The van der Waals surface area contributed by atoms with Gasteiger partial charge < -0.3 is 16.0 Å². The molecule has 2 aliphatic rings. The minimum Gasteiger partial charge on any atom is -0.337 e. The average molecular weight is 245 g/mol. The zero-order valence-corrected chi connectivity index (χ0v) is 9.98. The van der Waals surface area contributed by atoms with Crippen LogP contribution in [0.3, 0.4) is 0 Å². The second kappa shape index (κ2) is 4.10. The number of fused-ring (bicyclic) bond motifs is 1. The van der Waals surface area contributed by atoms with Crippen molar-refractivity contribution in [3.8, 4) is 0 Å². The van der Waals surface area contributed by atoms with Gasteiger partial charge in [0, 0.05) is 30.4 Å². The highest BCUT2D eigenvalue weighted by Gasteiger charge is 2.26. The summed E-state index contributed by atoms with van der Waals surface area (Å²) in [5.41, 5.74) is 8.15. The van der Waals surface area contributed by atoms with E-state index in [1.165, 1.54) is 0 Å². The lowest BCUT2D eigenvalue weighted by atomic mass is 10.1. The molecule has 5 nitrogen and oxygen atoms in total. The molecule has 0 aliphatic carbocycles. The smallest absolute Gasteiger partial charge is 0.253 e. The summed E-state index contributed by atoms with van der Waals surface area (Å²) in [4.78, 5) is 25.3. The van der Waals surface area contributed by atoms with Crippen LogP contribution < -0.4 is 11.1 Å². The second-order valence-electron chi connectivity index (χ2n) is 4.90. The SMILES string of the molecule is NC1CCN(C(=O)c2ccc3c(c2)CC(=O)N3)C1. The fourth-order valence-electron chi connectivity index (χ4n) is 2.52. The highest BCUT2D eigenvalue weighted by Crippen LogP contribution is 2.25. The fraction of sp³-hybridized carbons (Fsp3) is 0.385. The van der Waals surface area contributed by atoms with Gasteiger partial charge in [0.1, 0.15) is 0 Å². The molecule has 0 radical (unpaired) electrons. The number of hydrogen-bond donors (Lipinski definition) is 2. The van der Waals surface area contributed by atoms with E-state index in [-0.39, 0.29) is 17.9 Å². The number of rotatable bonds is 1.